The Balaban J connectivity index is 1.46. The van der Waals surface area contributed by atoms with Gasteiger partial charge in [-0.2, -0.15) is 0 Å². The van der Waals surface area contributed by atoms with Gasteiger partial charge in [0.25, 0.3) is 0 Å². The van der Waals surface area contributed by atoms with Gasteiger partial charge in [0.05, 0.1) is 26.9 Å². The minimum absolute atomic E-state index is 0.0564. The van der Waals surface area contributed by atoms with Crippen molar-refractivity contribution < 1.29 is 23.8 Å². The molecular formula is C22H32N2O5. The maximum absolute atomic E-state index is 12.4. The summed E-state index contributed by atoms with van der Waals surface area (Å²) in [5, 5.41) is 3.10. The summed E-state index contributed by atoms with van der Waals surface area (Å²) in [7, 11) is 3.21. The molecule has 1 saturated carbocycles. The number of hydrogen-bond acceptors (Lipinski definition) is 5. The van der Waals surface area contributed by atoms with E-state index >= 15 is 0 Å². The topological polar surface area (TPSA) is 77.1 Å². The number of amides is 2. The molecule has 1 aromatic carbocycles. The summed E-state index contributed by atoms with van der Waals surface area (Å²) >= 11 is 0. The normalized spacial score (nSPS) is 22.6. The predicted octanol–water partition coefficient (Wildman–Crippen LogP) is 2.91. The van der Waals surface area contributed by atoms with Gasteiger partial charge in [-0.1, -0.05) is 12.5 Å². The van der Waals surface area contributed by atoms with Crippen molar-refractivity contribution in [2.45, 2.75) is 63.5 Å². The van der Waals surface area contributed by atoms with E-state index < -0.39 is 0 Å². The second kappa shape index (κ2) is 10.4. The summed E-state index contributed by atoms with van der Waals surface area (Å²) in [6.07, 6.45) is 7.04. The minimum atomic E-state index is -0.0564. The van der Waals surface area contributed by atoms with Gasteiger partial charge in [0.2, 0.25) is 17.6 Å². The number of ether oxygens (including phenoxy) is 3. The molecule has 7 nitrogen and oxygen atoms in total. The lowest BCUT2D eigenvalue weighted by Gasteiger charge is -2.30. The number of nitrogens with one attached hydrogen (secondary N) is 1. The third kappa shape index (κ3) is 5.78. The predicted molar refractivity (Wildman–Crippen MR) is 109 cm³/mol. The Morgan fingerprint density at radius 1 is 1.07 bits per heavy atom. The summed E-state index contributed by atoms with van der Waals surface area (Å²) in [6, 6.07) is 5.74. The molecule has 1 aliphatic carbocycles. The molecule has 160 valence electrons. The first-order valence-electron chi connectivity index (χ1n) is 10.6. The van der Waals surface area contributed by atoms with Gasteiger partial charge in [-0.15, -0.1) is 0 Å². The van der Waals surface area contributed by atoms with Gasteiger partial charge in [0, 0.05) is 19.0 Å². The lowest BCUT2D eigenvalue weighted by molar-refractivity contribution is -0.135. The van der Waals surface area contributed by atoms with Crippen LogP contribution in [-0.4, -0.2) is 56.2 Å². The fourth-order valence-electron chi connectivity index (χ4n) is 4.11. The van der Waals surface area contributed by atoms with Gasteiger partial charge in [0.15, 0.2) is 11.5 Å². The number of rotatable bonds is 7. The highest BCUT2D eigenvalue weighted by Gasteiger charge is 2.26. The summed E-state index contributed by atoms with van der Waals surface area (Å²) < 4.78 is 16.9. The molecule has 2 amide bonds. The van der Waals surface area contributed by atoms with E-state index in [2.05, 4.69) is 5.32 Å². The van der Waals surface area contributed by atoms with Gasteiger partial charge in [-0.05, 0) is 50.7 Å². The number of nitrogens with zero attached hydrogens (tertiary/aromatic N) is 1. The number of benzene rings is 1. The molecule has 2 fully saturated rings. The number of carbonyl (C=O) groups excluding carboxylic acids is 2. The Kier molecular flexibility index (Phi) is 7.61. The van der Waals surface area contributed by atoms with Gasteiger partial charge >= 0.3 is 0 Å². The van der Waals surface area contributed by atoms with Crippen LogP contribution in [0.1, 0.15) is 51.4 Å². The number of para-hydroxylation sites is 1. The Hall–Kier alpha value is -2.44. The maximum atomic E-state index is 12.4. The molecule has 0 bridgehead atoms. The Morgan fingerprint density at radius 2 is 1.83 bits per heavy atom. The van der Waals surface area contributed by atoms with Crippen molar-refractivity contribution in [3.63, 3.8) is 0 Å². The summed E-state index contributed by atoms with van der Waals surface area (Å²) in [5.74, 6) is 1.97. The molecule has 1 aromatic rings. The maximum Gasteiger partial charge on any atom is 0.239 e. The van der Waals surface area contributed by atoms with Crippen LogP contribution in [0, 0.1) is 0 Å². The second-order valence-electron chi connectivity index (χ2n) is 7.78. The highest BCUT2D eigenvalue weighted by atomic mass is 16.5. The van der Waals surface area contributed by atoms with Crippen LogP contribution in [0.25, 0.3) is 0 Å². The fourth-order valence-corrected chi connectivity index (χ4v) is 4.11. The molecule has 0 spiro atoms. The van der Waals surface area contributed by atoms with Crippen LogP contribution in [-0.2, 0) is 9.59 Å². The van der Waals surface area contributed by atoms with Crippen molar-refractivity contribution in [3.05, 3.63) is 18.2 Å². The van der Waals surface area contributed by atoms with E-state index in [0.717, 1.165) is 44.9 Å². The molecule has 0 unspecified atom stereocenters. The molecule has 2 aliphatic rings. The molecule has 0 aromatic heterocycles. The van der Waals surface area contributed by atoms with Crippen LogP contribution in [0.15, 0.2) is 18.2 Å². The van der Waals surface area contributed by atoms with Crippen molar-refractivity contribution in [1.82, 2.24) is 10.2 Å². The van der Waals surface area contributed by atoms with E-state index in [-0.39, 0.29) is 30.5 Å². The molecule has 29 heavy (non-hydrogen) atoms. The van der Waals surface area contributed by atoms with Crippen molar-refractivity contribution in [2.75, 3.05) is 27.3 Å². The van der Waals surface area contributed by atoms with Crippen LogP contribution in [0.2, 0.25) is 0 Å². The van der Waals surface area contributed by atoms with E-state index in [9.17, 15) is 9.59 Å². The molecule has 1 N–H and O–H groups in total. The smallest absolute Gasteiger partial charge is 0.239 e. The molecule has 1 heterocycles. The summed E-state index contributed by atoms with van der Waals surface area (Å²) in [5.41, 5.74) is 0. The zero-order valence-electron chi connectivity index (χ0n) is 17.4. The SMILES string of the molecule is COc1cccc(OC2CCC(NC(=O)CN3CCCCCC3=O)CC2)c1OC. The van der Waals surface area contributed by atoms with E-state index in [4.69, 9.17) is 14.2 Å². The van der Waals surface area contributed by atoms with Crippen LogP contribution in [0.5, 0.6) is 17.2 Å². The van der Waals surface area contributed by atoms with E-state index in [0.29, 0.717) is 30.2 Å². The van der Waals surface area contributed by atoms with Gasteiger partial charge in [0.1, 0.15) is 0 Å². The zero-order chi connectivity index (χ0) is 20.6. The molecular weight excluding hydrogens is 372 g/mol. The lowest BCUT2D eigenvalue weighted by atomic mass is 9.93. The first-order valence-corrected chi connectivity index (χ1v) is 10.6. The average Bonchev–Trinajstić information content (AvgIpc) is 2.93. The van der Waals surface area contributed by atoms with Crippen molar-refractivity contribution >= 4 is 11.8 Å². The number of methoxy groups -OCH3 is 2. The van der Waals surface area contributed by atoms with Gasteiger partial charge in [-0.25, -0.2) is 0 Å². The van der Waals surface area contributed by atoms with Crippen LogP contribution in [0.3, 0.4) is 0 Å². The monoisotopic (exact) mass is 404 g/mol. The summed E-state index contributed by atoms with van der Waals surface area (Å²) in [6.45, 7) is 0.867. The molecule has 7 heteroatoms. The molecule has 1 saturated heterocycles. The van der Waals surface area contributed by atoms with E-state index in [1.807, 2.05) is 18.2 Å². The fraction of sp³-hybridized carbons (Fsp3) is 0.636. The molecule has 1 aliphatic heterocycles. The third-order valence-electron chi connectivity index (χ3n) is 5.71. The second-order valence-corrected chi connectivity index (χ2v) is 7.78. The standard InChI is InChI=1S/C22H32N2O5/c1-27-18-7-6-8-19(22(18)28-2)29-17-12-10-16(11-13-17)23-20(25)15-24-14-5-3-4-9-21(24)26/h6-8,16-17H,3-5,9-15H2,1-2H3,(H,23,25). The van der Waals surface area contributed by atoms with Crippen LogP contribution < -0.4 is 19.5 Å². The molecule has 0 atom stereocenters. The van der Waals surface area contributed by atoms with Crippen LogP contribution >= 0.6 is 0 Å². The number of hydrogen-bond donors (Lipinski definition) is 1. The zero-order valence-corrected chi connectivity index (χ0v) is 17.4. The highest BCUT2D eigenvalue weighted by molar-refractivity contribution is 5.85. The van der Waals surface area contributed by atoms with Crippen molar-refractivity contribution in [2.24, 2.45) is 0 Å². The highest BCUT2D eigenvalue weighted by Crippen LogP contribution is 2.38. The van der Waals surface area contributed by atoms with Crippen molar-refractivity contribution in [1.29, 1.82) is 0 Å². The third-order valence-corrected chi connectivity index (χ3v) is 5.71. The average molecular weight is 405 g/mol. The lowest BCUT2D eigenvalue weighted by Crippen LogP contribution is -2.45. The van der Waals surface area contributed by atoms with Gasteiger partial charge < -0.3 is 24.4 Å². The van der Waals surface area contributed by atoms with E-state index in [1.165, 1.54) is 0 Å². The molecule has 0 radical (unpaired) electrons. The minimum Gasteiger partial charge on any atom is -0.493 e. The first kappa shape index (κ1) is 21.3. The Morgan fingerprint density at radius 3 is 2.55 bits per heavy atom. The number of likely N-dealkylation sites (tertiary alicyclic amines) is 1. The quantitative estimate of drug-likeness (QED) is 0.756. The van der Waals surface area contributed by atoms with Crippen LogP contribution in [0.4, 0.5) is 0 Å². The number of carbonyl (C=O) groups is 2. The Bertz CT molecular complexity index is 700. The molecule has 3 rings (SSSR count). The largest absolute Gasteiger partial charge is 0.493 e. The Labute approximate surface area is 172 Å². The first-order chi connectivity index (χ1) is 14.1. The summed E-state index contributed by atoms with van der Waals surface area (Å²) in [4.78, 5) is 26.2. The van der Waals surface area contributed by atoms with E-state index in [1.54, 1.807) is 19.1 Å². The van der Waals surface area contributed by atoms with Crippen molar-refractivity contribution in [3.8, 4) is 17.2 Å². The van der Waals surface area contributed by atoms with Gasteiger partial charge in [-0.3, -0.25) is 9.59 Å².